The van der Waals surface area contributed by atoms with Gasteiger partial charge in [-0.15, -0.1) is 0 Å². The van der Waals surface area contributed by atoms with E-state index < -0.39 is 0 Å². The van der Waals surface area contributed by atoms with E-state index in [1.165, 1.54) is 19.3 Å². The summed E-state index contributed by atoms with van der Waals surface area (Å²) >= 11 is 0. The van der Waals surface area contributed by atoms with Gasteiger partial charge < -0.3 is 14.8 Å². The summed E-state index contributed by atoms with van der Waals surface area (Å²) in [5, 5.41) is 9.71. The minimum absolute atomic E-state index is 0.0319. The van der Waals surface area contributed by atoms with Crippen molar-refractivity contribution in [1.29, 1.82) is 0 Å². The summed E-state index contributed by atoms with van der Waals surface area (Å²) in [6.07, 6.45) is 8.93. The highest BCUT2D eigenvalue weighted by Gasteiger charge is 2.25. The van der Waals surface area contributed by atoms with Crippen LogP contribution in [0.3, 0.4) is 0 Å². The number of H-pyrrole nitrogens is 1. The molecule has 0 bridgehead atoms. The number of fused-ring (bicyclic) bond motifs is 2. The number of hydrogen-bond acceptors (Lipinski definition) is 5. The molecule has 6 nitrogen and oxygen atoms in total. The summed E-state index contributed by atoms with van der Waals surface area (Å²) < 4.78 is 5.82. The molecule has 0 spiro atoms. The summed E-state index contributed by atoms with van der Waals surface area (Å²) in [7, 11) is 0. The van der Waals surface area contributed by atoms with Gasteiger partial charge >= 0.3 is 0 Å². The summed E-state index contributed by atoms with van der Waals surface area (Å²) in [6.45, 7) is 2.79. The van der Waals surface area contributed by atoms with Crippen molar-refractivity contribution in [2.75, 3.05) is 19.7 Å². The molecule has 5 rings (SSSR count). The van der Waals surface area contributed by atoms with Crippen LogP contribution in [0, 0.1) is 0 Å². The van der Waals surface area contributed by atoms with Crippen molar-refractivity contribution in [3.8, 4) is 11.5 Å². The molecule has 1 fully saturated rings. The smallest absolute Gasteiger partial charge is 0.255 e. The number of nitrogens with one attached hydrogen (secondary N) is 1. The molecule has 2 aliphatic heterocycles. The lowest BCUT2D eigenvalue weighted by atomic mass is 9.88. The van der Waals surface area contributed by atoms with Gasteiger partial charge in [-0.1, -0.05) is 19.3 Å². The maximum atomic E-state index is 12.8. The average Bonchev–Trinajstić information content (AvgIpc) is 2.74. The molecule has 3 heterocycles. The van der Waals surface area contributed by atoms with Crippen LogP contribution in [0.1, 0.15) is 60.7 Å². The molecule has 0 radical (unpaired) electrons. The van der Waals surface area contributed by atoms with Gasteiger partial charge in [-0.05, 0) is 42.7 Å². The van der Waals surface area contributed by atoms with Crippen molar-refractivity contribution in [2.24, 2.45) is 0 Å². The van der Waals surface area contributed by atoms with E-state index in [2.05, 4.69) is 16.0 Å². The Hall–Kier alpha value is -2.60. The molecule has 2 N–H and O–H groups in total. The topological polar surface area (TPSA) is 78.5 Å². The SMILES string of the molecule is O=c1[nH]c(C2CCCCC2)nc2c1CN(CC1=Cc3cc(O)ccc3OC1)CC2. The van der Waals surface area contributed by atoms with Crippen molar-refractivity contribution in [3.05, 3.63) is 56.8 Å². The van der Waals surface area contributed by atoms with Crippen LogP contribution in [-0.2, 0) is 13.0 Å². The number of ether oxygens (including phenoxy) is 1. The van der Waals surface area contributed by atoms with Crippen LogP contribution >= 0.6 is 0 Å². The molecule has 29 heavy (non-hydrogen) atoms. The first kappa shape index (κ1) is 18.4. The molecule has 0 amide bonds. The fourth-order valence-electron chi connectivity index (χ4n) is 4.80. The van der Waals surface area contributed by atoms with Gasteiger partial charge in [0.05, 0.1) is 11.3 Å². The van der Waals surface area contributed by atoms with E-state index in [0.29, 0.717) is 19.1 Å². The maximum Gasteiger partial charge on any atom is 0.255 e. The van der Waals surface area contributed by atoms with Crippen LogP contribution in [0.2, 0.25) is 0 Å². The zero-order valence-electron chi connectivity index (χ0n) is 16.6. The van der Waals surface area contributed by atoms with Crippen molar-refractivity contribution >= 4 is 6.08 Å². The first-order valence-electron chi connectivity index (χ1n) is 10.7. The number of nitrogens with zero attached hydrogens (tertiary/aromatic N) is 2. The van der Waals surface area contributed by atoms with Gasteiger partial charge in [0.1, 0.15) is 23.9 Å². The van der Waals surface area contributed by atoms with E-state index in [-0.39, 0.29) is 11.3 Å². The zero-order chi connectivity index (χ0) is 19.8. The van der Waals surface area contributed by atoms with Gasteiger partial charge in [-0.3, -0.25) is 9.69 Å². The van der Waals surface area contributed by atoms with Gasteiger partial charge in [0.15, 0.2) is 0 Å². The van der Waals surface area contributed by atoms with Crippen LogP contribution in [0.4, 0.5) is 0 Å². The third-order valence-corrected chi connectivity index (χ3v) is 6.35. The molecule has 6 heteroatoms. The van der Waals surface area contributed by atoms with Crippen LogP contribution in [-0.4, -0.2) is 39.7 Å². The quantitative estimate of drug-likeness (QED) is 0.836. The van der Waals surface area contributed by atoms with Crippen LogP contribution in [0.25, 0.3) is 6.08 Å². The average molecular weight is 393 g/mol. The number of aromatic amines is 1. The lowest BCUT2D eigenvalue weighted by Crippen LogP contribution is -2.38. The van der Waals surface area contributed by atoms with E-state index in [4.69, 9.17) is 9.72 Å². The van der Waals surface area contributed by atoms with E-state index >= 15 is 0 Å². The normalized spacial score (nSPS) is 19.8. The Morgan fingerprint density at radius 2 is 2.10 bits per heavy atom. The Balaban J connectivity index is 1.32. The fourth-order valence-corrected chi connectivity index (χ4v) is 4.80. The standard InChI is InChI=1S/C23H27N3O3/c27-18-6-7-21-17(11-18)10-15(14-29-21)12-26-9-8-20-19(13-26)23(28)25-22(24-20)16-4-2-1-3-5-16/h6-7,10-11,16,27H,1-5,8-9,12-14H2,(H,24,25,28). The predicted molar refractivity (Wildman–Crippen MR) is 111 cm³/mol. The lowest BCUT2D eigenvalue weighted by Gasteiger charge is -2.30. The Kier molecular flexibility index (Phi) is 4.87. The molecule has 1 aromatic carbocycles. The molecule has 1 aliphatic carbocycles. The van der Waals surface area contributed by atoms with E-state index in [0.717, 1.165) is 66.3 Å². The highest BCUT2D eigenvalue weighted by Crippen LogP contribution is 2.32. The van der Waals surface area contributed by atoms with Gasteiger partial charge in [-0.25, -0.2) is 4.98 Å². The summed E-state index contributed by atoms with van der Waals surface area (Å²) in [5.74, 6) is 2.36. The molecule has 0 unspecified atom stereocenters. The first-order valence-corrected chi connectivity index (χ1v) is 10.7. The van der Waals surface area contributed by atoms with Gasteiger partial charge in [0.25, 0.3) is 5.56 Å². The molecule has 1 aromatic heterocycles. The molecule has 2 aromatic rings. The van der Waals surface area contributed by atoms with Crippen molar-refractivity contribution < 1.29 is 9.84 Å². The Morgan fingerprint density at radius 3 is 2.97 bits per heavy atom. The van der Waals surface area contributed by atoms with E-state index in [1.807, 2.05) is 0 Å². The molecular formula is C23H27N3O3. The van der Waals surface area contributed by atoms with Crippen LogP contribution in [0.5, 0.6) is 11.5 Å². The number of rotatable bonds is 3. The minimum atomic E-state index is 0.0319. The highest BCUT2D eigenvalue weighted by atomic mass is 16.5. The van der Waals surface area contributed by atoms with Crippen molar-refractivity contribution in [2.45, 2.75) is 51.0 Å². The monoisotopic (exact) mass is 393 g/mol. The summed E-state index contributed by atoms with van der Waals surface area (Å²) in [4.78, 5) is 23.0. The second-order valence-corrected chi connectivity index (χ2v) is 8.49. The second-order valence-electron chi connectivity index (χ2n) is 8.49. The second kappa shape index (κ2) is 7.67. The summed E-state index contributed by atoms with van der Waals surface area (Å²) in [6, 6.07) is 5.16. The third-order valence-electron chi connectivity index (χ3n) is 6.35. The Morgan fingerprint density at radius 1 is 1.24 bits per heavy atom. The predicted octanol–water partition coefficient (Wildman–Crippen LogP) is 3.36. The van der Waals surface area contributed by atoms with Crippen LogP contribution in [0.15, 0.2) is 28.6 Å². The highest BCUT2D eigenvalue weighted by molar-refractivity contribution is 5.64. The molecule has 3 aliphatic rings. The van der Waals surface area contributed by atoms with Gasteiger partial charge in [-0.2, -0.15) is 0 Å². The van der Waals surface area contributed by atoms with Crippen LogP contribution < -0.4 is 10.3 Å². The lowest BCUT2D eigenvalue weighted by molar-refractivity contribution is 0.253. The number of aromatic hydroxyl groups is 1. The van der Waals surface area contributed by atoms with Crippen molar-refractivity contribution in [3.63, 3.8) is 0 Å². The number of phenolic OH excluding ortho intramolecular Hbond substituents is 1. The molecule has 0 atom stereocenters. The van der Waals surface area contributed by atoms with Gasteiger partial charge in [0.2, 0.25) is 0 Å². The molecule has 0 saturated heterocycles. The molecule has 152 valence electrons. The van der Waals surface area contributed by atoms with E-state index in [1.54, 1.807) is 18.2 Å². The number of phenols is 1. The largest absolute Gasteiger partial charge is 0.508 e. The fraction of sp³-hybridized carbons (Fsp3) is 0.478. The number of aromatic nitrogens is 2. The third kappa shape index (κ3) is 3.81. The Labute approximate surface area is 170 Å². The van der Waals surface area contributed by atoms with E-state index in [9.17, 15) is 9.90 Å². The summed E-state index contributed by atoms with van der Waals surface area (Å²) in [5.41, 5.74) is 3.88. The molecule has 1 saturated carbocycles. The Bertz CT molecular complexity index is 1000. The first-order chi connectivity index (χ1) is 14.2. The zero-order valence-corrected chi connectivity index (χ0v) is 16.6. The number of hydrogen-bond donors (Lipinski definition) is 2. The molecular weight excluding hydrogens is 366 g/mol. The van der Waals surface area contributed by atoms with Crippen molar-refractivity contribution in [1.82, 2.24) is 14.9 Å². The van der Waals surface area contributed by atoms with Gasteiger partial charge in [0, 0.05) is 37.5 Å². The number of benzene rings is 1. The minimum Gasteiger partial charge on any atom is -0.508 e. The maximum absolute atomic E-state index is 12.8.